The normalized spacial score (nSPS) is 22.2. The first-order valence-corrected chi connectivity index (χ1v) is 11.4. The molecule has 0 spiro atoms. The highest BCUT2D eigenvalue weighted by molar-refractivity contribution is 5.86. The zero-order chi connectivity index (χ0) is 24.4. The zero-order valence-corrected chi connectivity index (χ0v) is 19.3. The summed E-state index contributed by atoms with van der Waals surface area (Å²) in [5, 5.41) is 18.9. The van der Waals surface area contributed by atoms with E-state index in [0.29, 0.717) is 48.5 Å². The lowest BCUT2D eigenvalue weighted by Crippen LogP contribution is -2.36. The number of ether oxygens (including phenoxy) is 1. The first-order valence-electron chi connectivity index (χ1n) is 11.4. The van der Waals surface area contributed by atoms with Crippen molar-refractivity contribution in [2.45, 2.75) is 31.7 Å². The first-order chi connectivity index (χ1) is 16.9. The maximum atomic E-state index is 15.3. The number of nitrogens with zero attached hydrogens (tertiary/aromatic N) is 7. The third kappa shape index (κ3) is 3.25. The molecule has 1 saturated heterocycles. The van der Waals surface area contributed by atoms with Crippen molar-refractivity contribution in [3.05, 3.63) is 53.5 Å². The van der Waals surface area contributed by atoms with Crippen LogP contribution >= 0.6 is 0 Å². The van der Waals surface area contributed by atoms with E-state index in [9.17, 15) is 9.65 Å². The zero-order valence-electron chi connectivity index (χ0n) is 19.3. The molecule has 5 heterocycles. The van der Waals surface area contributed by atoms with Gasteiger partial charge in [-0.1, -0.05) is 0 Å². The van der Waals surface area contributed by atoms with Crippen LogP contribution in [0.1, 0.15) is 24.4 Å². The Bertz CT molecular complexity index is 1510. The van der Waals surface area contributed by atoms with Crippen molar-refractivity contribution < 1.29 is 13.5 Å². The minimum atomic E-state index is -0.498. The van der Waals surface area contributed by atoms with Crippen LogP contribution in [0.3, 0.4) is 0 Å². The van der Waals surface area contributed by atoms with Crippen LogP contribution < -0.4 is 15.5 Å². The van der Waals surface area contributed by atoms with Crippen LogP contribution in [-0.4, -0.2) is 58.3 Å². The number of anilines is 2. The monoisotopic (exact) mass is 478 g/mol. The van der Waals surface area contributed by atoms with Gasteiger partial charge in [-0.3, -0.25) is 4.68 Å². The topological polar surface area (TPSA) is 101 Å². The van der Waals surface area contributed by atoms with E-state index in [1.807, 2.05) is 27.5 Å². The molecule has 0 bridgehead atoms. The van der Waals surface area contributed by atoms with Crippen LogP contribution in [-0.2, 0) is 11.3 Å². The summed E-state index contributed by atoms with van der Waals surface area (Å²) >= 11 is 0. The second-order valence-electron chi connectivity index (χ2n) is 9.25. The van der Waals surface area contributed by atoms with Crippen LogP contribution in [0.4, 0.5) is 20.2 Å². The maximum absolute atomic E-state index is 15.3. The summed E-state index contributed by atoms with van der Waals surface area (Å²) in [5.74, 6) is -0.841. The van der Waals surface area contributed by atoms with Crippen molar-refractivity contribution in [1.82, 2.24) is 19.4 Å². The Morgan fingerprint density at radius 1 is 1.11 bits per heavy atom. The molecule has 0 saturated carbocycles. The highest BCUT2D eigenvalue weighted by atomic mass is 19.1. The van der Waals surface area contributed by atoms with E-state index in [-0.39, 0.29) is 35.2 Å². The van der Waals surface area contributed by atoms with Crippen molar-refractivity contribution in [3.63, 3.8) is 0 Å². The van der Waals surface area contributed by atoms with Gasteiger partial charge in [0, 0.05) is 32.1 Å². The molecule has 2 aliphatic heterocycles. The molecule has 0 amide bonds. The van der Waals surface area contributed by atoms with Gasteiger partial charge in [0.25, 0.3) is 0 Å². The van der Waals surface area contributed by atoms with E-state index < -0.39 is 5.82 Å². The van der Waals surface area contributed by atoms with E-state index in [0.717, 1.165) is 11.9 Å². The number of halogens is 2. The molecule has 0 aliphatic carbocycles. The molecule has 35 heavy (non-hydrogen) atoms. The average Bonchev–Trinajstić information content (AvgIpc) is 3.53. The number of rotatable bonds is 3. The van der Waals surface area contributed by atoms with E-state index in [2.05, 4.69) is 5.10 Å². The van der Waals surface area contributed by atoms with Gasteiger partial charge < -0.3 is 20.3 Å². The third-order valence-electron chi connectivity index (χ3n) is 7.11. The molecular weight excluding hydrogens is 454 g/mol. The molecule has 9 nitrogen and oxygen atoms in total. The summed E-state index contributed by atoms with van der Waals surface area (Å²) in [6.07, 6.45) is 0.962. The van der Waals surface area contributed by atoms with Gasteiger partial charge in [-0.15, -0.1) is 0 Å². The van der Waals surface area contributed by atoms with Gasteiger partial charge in [0.2, 0.25) is 0 Å². The number of hydrogen-bond donors (Lipinski definition) is 1. The van der Waals surface area contributed by atoms with Crippen molar-refractivity contribution in [3.8, 4) is 6.07 Å². The fourth-order valence-corrected chi connectivity index (χ4v) is 5.39. The van der Waals surface area contributed by atoms with Gasteiger partial charge in [0.15, 0.2) is 5.82 Å². The lowest BCUT2D eigenvalue weighted by molar-refractivity contribution is 0.108. The van der Waals surface area contributed by atoms with Gasteiger partial charge >= 0.3 is 0 Å². The van der Waals surface area contributed by atoms with Crippen LogP contribution in [0.2, 0.25) is 0 Å². The summed E-state index contributed by atoms with van der Waals surface area (Å²) in [6.45, 7) is 4.02. The summed E-state index contributed by atoms with van der Waals surface area (Å²) in [7, 11) is 1.61. The van der Waals surface area contributed by atoms with Gasteiger partial charge in [-0.2, -0.15) is 15.5 Å². The molecule has 2 aliphatic rings. The molecule has 180 valence electrons. The molecule has 2 N–H and O–H groups in total. The second-order valence-corrected chi connectivity index (χ2v) is 9.25. The molecule has 0 unspecified atom stereocenters. The van der Waals surface area contributed by atoms with Gasteiger partial charge in [0.1, 0.15) is 23.1 Å². The fourth-order valence-electron chi connectivity index (χ4n) is 5.39. The molecule has 3 aromatic heterocycles. The Hall–Kier alpha value is -3.75. The Labute approximate surface area is 199 Å². The number of pyridine rings is 1. The van der Waals surface area contributed by atoms with E-state index >= 15 is 4.39 Å². The highest BCUT2D eigenvalue weighted by Crippen LogP contribution is 2.36. The number of nitriles is 1. The number of hydrogen-bond acceptors (Lipinski definition) is 7. The van der Waals surface area contributed by atoms with Crippen LogP contribution in [0.15, 0.2) is 30.5 Å². The predicted molar refractivity (Wildman–Crippen MR) is 126 cm³/mol. The van der Waals surface area contributed by atoms with Crippen molar-refractivity contribution in [2.75, 3.05) is 36.5 Å². The molecule has 0 radical (unpaired) electrons. The van der Waals surface area contributed by atoms with Crippen molar-refractivity contribution in [1.29, 1.82) is 5.26 Å². The second kappa shape index (κ2) is 7.90. The quantitative estimate of drug-likeness (QED) is 0.483. The Morgan fingerprint density at radius 3 is 2.69 bits per heavy atom. The van der Waals surface area contributed by atoms with E-state index in [4.69, 9.17) is 15.6 Å². The SMILES string of the molecule is CO[C@@H]1CN(c2cc3nn4c(c3cc2F)CN(c2ccc(C#N)n3ncc(F)c23)C[C@H]4C)C[C@@H]1N. The highest BCUT2D eigenvalue weighted by Gasteiger charge is 2.33. The largest absolute Gasteiger partial charge is 0.378 e. The van der Waals surface area contributed by atoms with Gasteiger partial charge in [0.05, 0.1) is 53.5 Å². The summed E-state index contributed by atoms with van der Waals surface area (Å²) < 4.78 is 38.7. The standard InChI is InChI=1S/C24H24F2N8O/c1-13-9-31(20-4-3-14(7-27)34-24(20)17(26)8-29-34)11-22-15-5-16(25)21(6-19(15)30-33(13)22)32-10-18(28)23(12-32)35-2/h3-6,8,13,18,23H,9-12,28H2,1-2H3/t13-,18+,23-/m1/s1. The van der Waals surface area contributed by atoms with E-state index in [1.54, 1.807) is 25.3 Å². The molecule has 11 heteroatoms. The molecular formula is C24H24F2N8O. The smallest absolute Gasteiger partial charge is 0.171 e. The lowest BCUT2D eigenvalue weighted by Gasteiger charge is -2.34. The Balaban J connectivity index is 1.41. The van der Waals surface area contributed by atoms with Crippen molar-refractivity contribution >= 4 is 27.8 Å². The number of nitrogens with two attached hydrogens (primary N) is 1. The summed E-state index contributed by atoms with van der Waals surface area (Å²) in [4.78, 5) is 3.93. The number of fused-ring (bicyclic) bond motifs is 4. The Morgan fingerprint density at radius 2 is 1.94 bits per heavy atom. The predicted octanol–water partition coefficient (Wildman–Crippen LogP) is 2.58. The third-order valence-corrected chi connectivity index (χ3v) is 7.11. The molecule has 6 rings (SSSR count). The molecule has 1 aromatic carbocycles. The molecule has 3 atom stereocenters. The van der Waals surface area contributed by atoms with Gasteiger partial charge in [-0.25, -0.2) is 13.3 Å². The number of aromatic nitrogens is 4. The van der Waals surface area contributed by atoms with Crippen LogP contribution in [0.25, 0.3) is 16.4 Å². The Kier molecular flexibility index (Phi) is 4.91. The molecule has 4 aromatic rings. The van der Waals surface area contributed by atoms with Crippen LogP contribution in [0.5, 0.6) is 0 Å². The average molecular weight is 479 g/mol. The minimum absolute atomic E-state index is 0.0441. The fraction of sp³-hybridized carbons (Fsp3) is 0.375. The van der Waals surface area contributed by atoms with Crippen molar-refractivity contribution in [2.24, 2.45) is 5.73 Å². The number of methoxy groups -OCH3 is 1. The maximum Gasteiger partial charge on any atom is 0.171 e. The summed E-state index contributed by atoms with van der Waals surface area (Å²) in [5.41, 5.74) is 9.27. The van der Waals surface area contributed by atoms with Crippen LogP contribution in [0, 0.1) is 23.0 Å². The summed E-state index contributed by atoms with van der Waals surface area (Å²) in [6, 6.07) is 8.47. The lowest BCUT2D eigenvalue weighted by atomic mass is 10.1. The minimum Gasteiger partial charge on any atom is -0.378 e. The first kappa shape index (κ1) is 21.8. The number of benzene rings is 1. The molecule has 1 fully saturated rings. The van der Waals surface area contributed by atoms with Gasteiger partial charge in [-0.05, 0) is 31.2 Å². The van der Waals surface area contributed by atoms with E-state index in [1.165, 1.54) is 10.6 Å².